The Morgan fingerprint density at radius 2 is 1.89 bits per heavy atom. The number of rotatable bonds is 4. The summed E-state index contributed by atoms with van der Waals surface area (Å²) < 4.78 is 0. The van der Waals surface area contributed by atoms with Gasteiger partial charge in [0.15, 0.2) is 0 Å². The third-order valence-electron chi connectivity index (χ3n) is 5.35. The van der Waals surface area contributed by atoms with Crippen molar-refractivity contribution in [3.63, 3.8) is 0 Å². The molecule has 5 nitrogen and oxygen atoms in total. The first kappa shape index (κ1) is 19.4. The Morgan fingerprint density at radius 3 is 2.50 bits per heavy atom. The number of carbonyl (C=O) groups is 1. The van der Waals surface area contributed by atoms with Gasteiger partial charge in [-0.1, -0.05) is 18.2 Å². The van der Waals surface area contributed by atoms with Crippen molar-refractivity contribution in [2.75, 3.05) is 13.1 Å². The van der Waals surface area contributed by atoms with Crippen molar-refractivity contribution in [3.8, 4) is 6.07 Å². The molecule has 28 heavy (non-hydrogen) atoms. The van der Waals surface area contributed by atoms with E-state index in [1.807, 2.05) is 54.3 Å². The highest BCUT2D eigenvalue weighted by Crippen LogP contribution is 2.29. The number of piperidine rings is 1. The third kappa shape index (κ3) is 4.12. The number of benzene rings is 2. The van der Waals surface area contributed by atoms with Crippen LogP contribution in [0.4, 0.5) is 0 Å². The summed E-state index contributed by atoms with van der Waals surface area (Å²) in [5.74, 6) is 0.429. The van der Waals surface area contributed by atoms with Crippen LogP contribution in [-0.4, -0.2) is 30.1 Å². The number of amides is 1. The third-order valence-corrected chi connectivity index (χ3v) is 5.35. The predicted octanol–water partition coefficient (Wildman–Crippen LogP) is 3.84. The van der Waals surface area contributed by atoms with Gasteiger partial charge >= 0.3 is 0 Å². The first-order valence-electron chi connectivity index (χ1n) is 9.40. The van der Waals surface area contributed by atoms with E-state index in [9.17, 15) is 4.79 Å². The van der Waals surface area contributed by atoms with Crippen LogP contribution in [0, 0.1) is 23.7 Å². The van der Waals surface area contributed by atoms with Gasteiger partial charge in [-0.05, 0) is 67.2 Å². The van der Waals surface area contributed by atoms with Gasteiger partial charge in [0.05, 0.1) is 11.6 Å². The van der Waals surface area contributed by atoms with E-state index in [0.29, 0.717) is 35.8 Å². The van der Waals surface area contributed by atoms with Crippen LogP contribution in [0.2, 0.25) is 0 Å². The second-order valence-corrected chi connectivity index (χ2v) is 7.12. The number of aryl methyl sites for hydroxylation is 1. The number of nitriles is 1. The summed E-state index contributed by atoms with van der Waals surface area (Å²) >= 11 is 0. The maximum Gasteiger partial charge on any atom is 0.253 e. The molecule has 0 radical (unpaired) electrons. The summed E-state index contributed by atoms with van der Waals surface area (Å²) in [7, 11) is 0. The van der Waals surface area contributed by atoms with Crippen LogP contribution in [0.5, 0.6) is 0 Å². The lowest BCUT2D eigenvalue weighted by Gasteiger charge is -2.32. The maximum atomic E-state index is 13.0. The van der Waals surface area contributed by atoms with E-state index in [0.717, 1.165) is 30.2 Å². The molecule has 0 unspecified atom stereocenters. The largest absolute Gasteiger partial charge is 0.398 e. The lowest BCUT2D eigenvalue weighted by molar-refractivity contribution is 0.0713. The number of hydrogen-bond acceptors (Lipinski definition) is 4. The fourth-order valence-corrected chi connectivity index (χ4v) is 3.67. The molecule has 0 atom stereocenters. The summed E-state index contributed by atoms with van der Waals surface area (Å²) in [4.78, 5) is 14.8. The standard InChI is InChI=1S/C23H24N4O/c1-16-2-5-20(14-21(16)22(26)8-11-24)23(28)27-12-9-19(10-13-27)18-6-3-17(15-25)4-7-18/h2-8,11,14,19,24H,9-10,12-13,26H2,1H3/b22-8-,24-11?. The minimum absolute atomic E-state index is 0.0159. The summed E-state index contributed by atoms with van der Waals surface area (Å²) in [6.45, 7) is 3.36. The van der Waals surface area contributed by atoms with Crippen molar-refractivity contribution in [1.29, 1.82) is 10.7 Å². The molecular formula is C23H24N4O. The van der Waals surface area contributed by atoms with Crippen molar-refractivity contribution in [1.82, 2.24) is 4.90 Å². The predicted molar refractivity (Wildman–Crippen MR) is 111 cm³/mol. The Morgan fingerprint density at radius 1 is 1.21 bits per heavy atom. The van der Waals surface area contributed by atoms with E-state index >= 15 is 0 Å². The van der Waals surface area contributed by atoms with Gasteiger partial charge < -0.3 is 16.0 Å². The molecular weight excluding hydrogens is 348 g/mol. The SMILES string of the molecule is Cc1ccc(C(=O)N2CCC(c3ccc(C#N)cc3)CC2)cc1/C(N)=C/C=N. The van der Waals surface area contributed by atoms with Crippen LogP contribution in [-0.2, 0) is 0 Å². The van der Waals surface area contributed by atoms with Crippen molar-refractivity contribution < 1.29 is 4.79 Å². The van der Waals surface area contributed by atoms with Gasteiger partial charge in [-0.2, -0.15) is 5.26 Å². The molecule has 2 aromatic rings. The summed E-state index contributed by atoms with van der Waals surface area (Å²) in [5, 5.41) is 16.1. The van der Waals surface area contributed by atoms with Crippen LogP contribution in [0.3, 0.4) is 0 Å². The lowest BCUT2D eigenvalue weighted by Crippen LogP contribution is -2.38. The van der Waals surface area contributed by atoms with Crippen molar-refractivity contribution in [3.05, 3.63) is 76.4 Å². The molecule has 1 amide bonds. The molecule has 0 aromatic heterocycles. The number of hydrogen-bond donors (Lipinski definition) is 2. The van der Waals surface area contributed by atoms with Crippen LogP contribution in [0.25, 0.3) is 5.70 Å². The second kappa shape index (κ2) is 8.53. The highest BCUT2D eigenvalue weighted by molar-refractivity contribution is 5.95. The van der Waals surface area contributed by atoms with Gasteiger partial charge in [0.2, 0.25) is 0 Å². The van der Waals surface area contributed by atoms with Crippen molar-refractivity contribution in [2.45, 2.75) is 25.7 Å². The van der Waals surface area contributed by atoms with E-state index < -0.39 is 0 Å². The second-order valence-electron chi connectivity index (χ2n) is 7.12. The average molecular weight is 372 g/mol. The zero-order valence-corrected chi connectivity index (χ0v) is 16.0. The topological polar surface area (TPSA) is 94.0 Å². The average Bonchev–Trinajstić information content (AvgIpc) is 2.74. The molecule has 1 aliphatic rings. The number of nitrogens with one attached hydrogen (secondary N) is 1. The van der Waals surface area contributed by atoms with E-state index in [1.54, 1.807) is 0 Å². The van der Waals surface area contributed by atoms with E-state index in [4.69, 9.17) is 16.4 Å². The molecule has 0 aliphatic carbocycles. The fourth-order valence-electron chi connectivity index (χ4n) is 3.67. The molecule has 142 valence electrons. The zero-order valence-electron chi connectivity index (χ0n) is 16.0. The lowest BCUT2D eigenvalue weighted by atomic mass is 9.88. The van der Waals surface area contributed by atoms with Crippen molar-refractivity contribution in [2.24, 2.45) is 5.73 Å². The van der Waals surface area contributed by atoms with Crippen LogP contribution in [0.1, 0.15) is 51.4 Å². The molecule has 0 spiro atoms. The Kier molecular flexibility index (Phi) is 5.90. The first-order chi connectivity index (χ1) is 13.5. The fraction of sp³-hybridized carbons (Fsp3) is 0.261. The Labute approximate surface area is 165 Å². The molecule has 3 rings (SSSR count). The van der Waals surface area contributed by atoms with Crippen LogP contribution in [0.15, 0.2) is 48.5 Å². The summed E-state index contributed by atoms with van der Waals surface area (Å²) in [6.07, 6.45) is 4.50. The Hall–Kier alpha value is -3.39. The van der Waals surface area contributed by atoms with Gasteiger partial charge in [0.25, 0.3) is 5.91 Å². The molecule has 5 heteroatoms. The van der Waals surface area contributed by atoms with Crippen molar-refractivity contribution >= 4 is 17.8 Å². The molecule has 1 heterocycles. The molecule has 0 saturated carbocycles. The molecule has 2 aromatic carbocycles. The Bertz CT molecular complexity index is 946. The first-order valence-corrected chi connectivity index (χ1v) is 9.40. The Balaban J connectivity index is 1.70. The van der Waals surface area contributed by atoms with Crippen LogP contribution < -0.4 is 5.73 Å². The van der Waals surface area contributed by atoms with Gasteiger partial charge in [0, 0.05) is 36.1 Å². The van der Waals surface area contributed by atoms with E-state index in [-0.39, 0.29) is 5.91 Å². The summed E-state index contributed by atoms with van der Waals surface area (Å²) in [6, 6.07) is 15.4. The smallest absolute Gasteiger partial charge is 0.253 e. The van der Waals surface area contributed by atoms with Crippen LogP contribution >= 0.6 is 0 Å². The zero-order chi connectivity index (χ0) is 20.1. The molecule has 0 bridgehead atoms. The number of likely N-dealkylation sites (tertiary alicyclic amines) is 1. The minimum Gasteiger partial charge on any atom is -0.398 e. The summed E-state index contributed by atoms with van der Waals surface area (Å²) in [5.41, 5.74) is 10.8. The molecule has 1 fully saturated rings. The van der Waals surface area contributed by atoms with Gasteiger partial charge in [-0.15, -0.1) is 0 Å². The highest BCUT2D eigenvalue weighted by atomic mass is 16.2. The molecule has 3 N–H and O–H groups in total. The number of nitrogens with two attached hydrogens (primary N) is 1. The van der Waals surface area contributed by atoms with Gasteiger partial charge in [0.1, 0.15) is 0 Å². The number of allylic oxidation sites excluding steroid dienone is 1. The van der Waals surface area contributed by atoms with E-state index in [1.165, 1.54) is 11.6 Å². The monoisotopic (exact) mass is 372 g/mol. The highest BCUT2D eigenvalue weighted by Gasteiger charge is 2.25. The number of nitrogens with zero attached hydrogens (tertiary/aromatic N) is 2. The van der Waals surface area contributed by atoms with E-state index in [2.05, 4.69) is 6.07 Å². The number of carbonyl (C=O) groups excluding carboxylic acids is 1. The molecule has 1 aliphatic heterocycles. The quantitative estimate of drug-likeness (QED) is 0.799. The normalized spacial score (nSPS) is 15.1. The molecule has 1 saturated heterocycles. The van der Waals surface area contributed by atoms with Gasteiger partial charge in [-0.3, -0.25) is 4.79 Å². The minimum atomic E-state index is 0.0159. The van der Waals surface area contributed by atoms with Gasteiger partial charge in [-0.25, -0.2) is 0 Å². The maximum absolute atomic E-state index is 13.0.